The Hall–Kier alpha value is -2.00. The maximum absolute atomic E-state index is 11.7. The highest BCUT2D eigenvalue weighted by atomic mass is 16.4. The van der Waals surface area contributed by atoms with Gasteiger partial charge in [0.25, 0.3) is 5.91 Å². The Bertz CT molecular complexity index is 416. The molecule has 1 unspecified atom stereocenters. The number of aromatic nitrogens is 2. The molecule has 0 fully saturated rings. The number of rotatable bonds is 5. The van der Waals surface area contributed by atoms with E-state index in [1.807, 2.05) is 13.8 Å². The zero-order chi connectivity index (χ0) is 15.5. The Balaban J connectivity index is 0.00000110. The Morgan fingerprint density at radius 2 is 1.95 bits per heavy atom. The van der Waals surface area contributed by atoms with E-state index >= 15 is 0 Å². The highest BCUT2D eigenvalue weighted by Gasteiger charge is 2.22. The van der Waals surface area contributed by atoms with Crippen molar-refractivity contribution in [3.63, 3.8) is 0 Å². The summed E-state index contributed by atoms with van der Waals surface area (Å²) >= 11 is 0. The molecule has 1 aromatic rings. The van der Waals surface area contributed by atoms with Gasteiger partial charge in [0.2, 0.25) is 0 Å². The van der Waals surface area contributed by atoms with E-state index < -0.39 is 25.6 Å². The van der Waals surface area contributed by atoms with Crippen LogP contribution in [-0.2, 0) is 4.79 Å². The normalized spacial score (nSPS) is 11.1. The summed E-state index contributed by atoms with van der Waals surface area (Å²) in [4.78, 5) is 30.2. The van der Waals surface area contributed by atoms with E-state index in [-0.39, 0.29) is 11.6 Å². The highest BCUT2D eigenvalue weighted by Crippen LogP contribution is 2.05. The molecule has 0 aromatic carbocycles. The quantitative estimate of drug-likeness (QED) is 0.506. The van der Waals surface area contributed by atoms with Crippen LogP contribution in [0.4, 0.5) is 0 Å². The molecule has 20 heavy (non-hydrogen) atoms. The summed E-state index contributed by atoms with van der Waals surface area (Å²) in [5, 5.41) is 25.6. The van der Waals surface area contributed by atoms with Gasteiger partial charge in [0.05, 0.1) is 6.20 Å². The Morgan fingerprint density at radius 3 is 2.35 bits per heavy atom. The van der Waals surface area contributed by atoms with Crippen molar-refractivity contribution in [2.45, 2.75) is 26.3 Å². The van der Waals surface area contributed by atoms with Gasteiger partial charge in [-0.3, -0.25) is 9.78 Å². The molecule has 9 heteroatoms. The van der Waals surface area contributed by atoms with Gasteiger partial charge in [-0.05, 0) is 12.3 Å². The Labute approximate surface area is 117 Å². The van der Waals surface area contributed by atoms with E-state index in [1.54, 1.807) is 0 Å². The predicted molar refractivity (Wildman–Crippen MR) is 72.0 cm³/mol. The first-order valence-electron chi connectivity index (χ1n) is 5.93. The van der Waals surface area contributed by atoms with Crippen LogP contribution in [0.1, 0.15) is 30.8 Å². The van der Waals surface area contributed by atoms with Crippen LogP contribution >= 0.6 is 0 Å². The molecule has 0 aliphatic carbocycles. The number of nitrogens with one attached hydrogen (secondary N) is 1. The van der Waals surface area contributed by atoms with Gasteiger partial charge >= 0.3 is 13.7 Å². The smallest absolute Gasteiger partial charge is 0.432 e. The number of amides is 1. The molecule has 8 nitrogen and oxygen atoms in total. The number of carboxylic acid groups (broad SMARTS) is 1. The fourth-order valence-corrected chi connectivity index (χ4v) is 1.34. The molecule has 0 spiro atoms. The number of aliphatic carboxylic acids is 1. The van der Waals surface area contributed by atoms with Crippen LogP contribution in [0, 0.1) is 5.92 Å². The number of carbonyl (C=O) groups is 2. The molecule has 110 valence electrons. The first-order valence-corrected chi connectivity index (χ1v) is 5.93. The van der Waals surface area contributed by atoms with Crippen molar-refractivity contribution in [2.75, 3.05) is 0 Å². The molecule has 0 saturated heterocycles. The highest BCUT2D eigenvalue weighted by molar-refractivity contribution is 6.13. The van der Waals surface area contributed by atoms with Crippen LogP contribution in [-0.4, -0.2) is 50.7 Å². The van der Waals surface area contributed by atoms with E-state index in [0.717, 1.165) is 0 Å². The predicted octanol–water partition coefficient (Wildman–Crippen LogP) is -1.06. The second kappa shape index (κ2) is 9.87. The van der Waals surface area contributed by atoms with Gasteiger partial charge in [-0.15, -0.1) is 0 Å². The van der Waals surface area contributed by atoms with E-state index in [0.29, 0.717) is 6.42 Å². The fourth-order valence-electron chi connectivity index (χ4n) is 1.34. The molecular weight excluding hydrogens is 265 g/mol. The Kier molecular flexibility index (Phi) is 8.89. The number of carbonyl (C=O) groups excluding carboxylic acids is 1. The van der Waals surface area contributed by atoms with Gasteiger partial charge in [0.15, 0.2) is 0 Å². The lowest BCUT2D eigenvalue weighted by atomic mass is 10.0. The van der Waals surface area contributed by atoms with Crippen LogP contribution < -0.4 is 5.32 Å². The lowest BCUT2D eigenvalue weighted by Crippen LogP contribution is -2.41. The third kappa shape index (κ3) is 7.44. The molecule has 4 N–H and O–H groups in total. The van der Waals surface area contributed by atoms with E-state index in [2.05, 4.69) is 15.3 Å². The molecule has 0 aliphatic rings. The number of nitrogens with zero attached hydrogens (tertiary/aromatic N) is 2. The topological polar surface area (TPSA) is 133 Å². The molecule has 1 amide bonds. The molecule has 0 aliphatic heterocycles. The monoisotopic (exact) mass is 283 g/mol. The summed E-state index contributed by atoms with van der Waals surface area (Å²) in [5.74, 6) is -1.39. The van der Waals surface area contributed by atoms with Crippen molar-refractivity contribution in [1.82, 2.24) is 15.3 Å². The van der Waals surface area contributed by atoms with Gasteiger partial charge in [-0.25, -0.2) is 9.78 Å². The summed E-state index contributed by atoms with van der Waals surface area (Å²) in [7, 11) is -0.750. The average Bonchev–Trinajstić information content (AvgIpc) is 2.39. The van der Waals surface area contributed by atoms with Crippen LogP contribution in [0.3, 0.4) is 0 Å². The largest absolute Gasteiger partial charge is 0.480 e. The number of carboxylic acids is 1. The molecular formula is C11H18BN3O5. The third-order valence-corrected chi connectivity index (χ3v) is 2.11. The van der Waals surface area contributed by atoms with Crippen molar-refractivity contribution < 1.29 is 24.7 Å². The fraction of sp³-hybridized carbons (Fsp3) is 0.455. The SMILES string of the molecule is CC(C)CC(NC(=O)c1cnccn1)C(=O)O.OBO. The molecule has 0 radical (unpaired) electrons. The minimum atomic E-state index is -1.05. The molecule has 0 saturated carbocycles. The van der Waals surface area contributed by atoms with Gasteiger partial charge in [0, 0.05) is 12.4 Å². The molecule has 1 atom stereocenters. The van der Waals surface area contributed by atoms with Crippen LogP contribution in [0.25, 0.3) is 0 Å². The average molecular weight is 283 g/mol. The van der Waals surface area contributed by atoms with Crippen molar-refractivity contribution in [3.05, 3.63) is 24.3 Å². The van der Waals surface area contributed by atoms with Crippen LogP contribution in [0.2, 0.25) is 0 Å². The lowest BCUT2D eigenvalue weighted by molar-refractivity contribution is -0.139. The maximum Gasteiger partial charge on any atom is 0.432 e. The Morgan fingerprint density at radius 1 is 1.35 bits per heavy atom. The van der Waals surface area contributed by atoms with Crippen molar-refractivity contribution >= 4 is 19.6 Å². The maximum atomic E-state index is 11.7. The number of hydrogen-bond donors (Lipinski definition) is 4. The first-order chi connectivity index (χ1) is 9.42. The zero-order valence-corrected chi connectivity index (χ0v) is 11.4. The first kappa shape index (κ1) is 18.0. The molecule has 1 heterocycles. The van der Waals surface area contributed by atoms with Crippen molar-refractivity contribution in [3.8, 4) is 0 Å². The van der Waals surface area contributed by atoms with Gasteiger partial charge in [0.1, 0.15) is 11.7 Å². The van der Waals surface area contributed by atoms with Gasteiger partial charge in [-0.2, -0.15) is 0 Å². The molecule has 1 rings (SSSR count). The van der Waals surface area contributed by atoms with Gasteiger partial charge in [-0.1, -0.05) is 13.8 Å². The van der Waals surface area contributed by atoms with E-state index in [1.165, 1.54) is 18.6 Å². The van der Waals surface area contributed by atoms with Gasteiger partial charge < -0.3 is 20.5 Å². The summed E-state index contributed by atoms with van der Waals surface area (Å²) in [6.07, 6.45) is 4.50. The number of hydrogen-bond acceptors (Lipinski definition) is 6. The zero-order valence-electron chi connectivity index (χ0n) is 11.4. The lowest BCUT2D eigenvalue weighted by Gasteiger charge is -2.15. The minimum Gasteiger partial charge on any atom is -0.480 e. The van der Waals surface area contributed by atoms with E-state index in [9.17, 15) is 9.59 Å². The van der Waals surface area contributed by atoms with Crippen molar-refractivity contribution in [2.24, 2.45) is 5.92 Å². The van der Waals surface area contributed by atoms with Crippen LogP contribution in [0.15, 0.2) is 18.6 Å². The second-order valence-electron chi connectivity index (χ2n) is 4.23. The third-order valence-electron chi connectivity index (χ3n) is 2.11. The van der Waals surface area contributed by atoms with Crippen molar-refractivity contribution in [1.29, 1.82) is 0 Å². The summed E-state index contributed by atoms with van der Waals surface area (Å²) < 4.78 is 0. The summed E-state index contributed by atoms with van der Waals surface area (Å²) in [6, 6.07) is -0.899. The summed E-state index contributed by atoms with van der Waals surface area (Å²) in [6.45, 7) is 3.79. The molecule has 1 aromatic heterocycles. The minimum absolute atomic E-state index is 0.113. The van der Waals surface area contributed by atoms with E-state index in [4.69, 9.17) is 15.2 Å². The molecule has 0 bridgehead atoms. The standard InChI is InChI=1S/C11H15N3O3.BH3O2/c1-7(2)5-8(11(16)17)14-10(15)9-6-12-3-4-13-9;2-1-3/h3-4,6-8H,5H2,1-2H3,(H,14,15)(H,16,17);1-3H. The summed E-state index contributed by atoms with van der Waals surface area (Å²) in [5.41, 5.74) is 0.113. The van der Waals surface area contributed by atoms with Crippen LogP contribution in [0.5, 0.6) is 0 Å². The second-order valence-corrected chi connectivity index (χ2v) is 4.23.